The fraction of sp³-hybridized carbons (Fsp3) is 0.286. The van der Waals surface area contributed by atoms with E-state index in [9.17, 15) is 9.59 Å². The fourth-order valence-electron chi connectivity index (χ4n) is 3.52. The van der Waals surface area contributed by atoms with E-state index in [-0.39, 0.29) is 5.82 Å². The normalized spacial score (nSPS) is 15.9. The van der Waals surface area contributed by atoms with Gasteiger partial charge in [-0.05, 0) is 38.0 Å². The Morgan fingerprint density at radius 3 is 2.57 bits per heavy atom. The zero-order valence-corrected chi connectivity index (χ0v) is 16.8. The lowest BCUT2D eigenvalue weighted by atomic mass is 10.2. The first-order valence-corrected chi connectivity index (χ1v) is 9.62. The number of benzene rings is 1. The average Bonchev–Trinajstić information content (AvgIpc) is 3.42. The van der Waals surface area contributed by atoms with Gasteiger partial charge in [0.2, 0.25) is 17.6 Å². The number of nitrogens with two attached hydrogens (primary N) is 1. The van der Waals surface area contributed by atoms with Crippen molar-refractivity contribution in [2.75, 3.05) is 13.7 Å². The Labute approximate surface area is 173 Å². The largest absolute Gasteiger partial charge is 0.481 e. The molecule has 1 aliphatic rings. The van der Waals surface area contributed by atoms with Crippen LogP contribution in [-0.4, -0.2) is 56.2 Å². The lowest BCUT2D eigenvalue weighted by molar-refractivity contribution is -0.121. The van der Waals surface area contributed by atoms with Gasteiger partial charge in [0.1, 0.15) is 6.04 Å². The highest BCUT2D eigenvalue weighted by Crippen LogP contribution is 2.24. The van der Waals surface area contributed by atoms with E-state index in [0.29, 0.717) is 36.7 Å². The molecule has 1 unspecified atom stereocenters. The quantitative estimate of drug-likeness (QED) is 0.690. The molecule has 1 aliphatic heterocycles. The number of carbonyl (C=O) groups is 2. The first-order valence-electron chi connectivity index (χ1n) is 9.62. The van der Waals surface area contributed by atoms with Gasteiger partial charge in [-0.15, -0.1) is 5.10 Å². The first-order chi connectivity index (χ1) is 14.5. The molecule has 2 N–H and O–H groups in total. The van der Waals surface area contributed by atoms with Crippen molar-refractivity contribution < 1.29 is 14.3 Å². The molecule has 154 valence electrons. The summed E-state index contributed by atoms with van der Waals surface area (Å²) in [6.07, 6.45) is 2.88. The molecule has 30 heavy (non-hydrogen) atoms. The van der Waals surface area contributed by atoms with Crippen LogP contribution in [0.4, 0.5) is 0 Å². The molecule has 4 rings (SSSR count). The van der Waals surface area contributed by atoms with Crippen LogP contribution in [0, 0.1) is 6.92 Å². The smallest absolute Gasteiger partial charge is 0.294 e. The lowest BCUT2D eigenvalue weighted by Crippen LogP contribution is -2.44. The minimum absolute atomic E-state index is 0.00884. The number of likely N-dealkylation sites (tertiary alicyclic amines) is 1. The van der Waals surface area contributed by atoms with Crippen molar-refractivity contribution in [1.29, 1.82) is 0 Å². The van der Waals surface area contributed by atoms with E-state index < -0.39 is 17.9 Å². The Morgan fingerprint density at radius 1 is 1.17 bits per heavy atom. The molecule has 1 saturated heterocycles. The summed E-state index contributed by atoms with van der Waals surface area (Å²) in [5.41, 5.74) is 8.00. The van der Waals surface area contributed by atoms with Crippen LogP contribution in [0.5, 0.6) is 5.88 Å². The number of ether oxygens (including phenoxy) is 1. The van der Waals surface area contributed by atoms with Crippen LogP contribution in [0.3, 0.4) is 0 Å². The van der Waals surface area contributed by atoms with Crippen LogP contribution in [0.25, 0.3) is 17.1 Å². The SMILES string of the molecule is COc1ccc(-c2nc(C(=O)N3CCCC3C(N)=O)nn2-c2ccc(C)cc2)cn1. The van der Waals surface area contributed by atoms with Gasteiger partial charge in [-0.1, -0.05) is 17.7 Å². The van der Waals surface area contributed by atoms with Gasteiger partial charge in [0.15, 0.2) is 5.82 Å². The van der Waals surface area contributed by atoms with Gasteiger partial charge in [0.25, 0.3) is 5.91 Å². The highest BCUT2D eigenvalue weighted by atomic mass is 16.5. The number of rotatable bonds is 5. The second-order valence-electron chi connectivity index (χ2n) is 7.15. The topological polar surface area (TPSA) is 116 Å². The van der Waals surface area contributed by atoms with Crippen molar-refractivity contribution in [3.8, 4) is 23.0 Å². The summed E-state index contributed by atoms with van der Waals surface area (Å²) in [5, 5.41) is 4.47. The predicted octanol–water partition coefficient (Wildman–Crippen LogP) is 1.74. The molecule has 9 heteroatoms. The summed E-state index contributed by atoms with van der Waals surface area (Å²) in [6, 6.07) is 10.6. The molecule has 0 bridgehead atoms. The van der Waals surface area contributed by atoms with Crippen molar-refractivity contribution in [3.63, 3.8) is 0 Å². The Kier molecular flexibility index (Phi) is 5.18. The average molecular weight is 406 g/mol. The maximum Gasteiger partial charge on any atom is 0.294 e. The van der Waals surface area contributed by atoms with Crippen molar-refractivity contribution in [2.24, 2.45) is 5.73 Å². The van der Waals surface area contributed by atoms with Crippen LogP contribution in [0.2, 0.25) is 0 Å². The Morgan fingerprint density at radius 2 is 1.93 bits per heavy atom. The molecular formula is C21H22N6O3. The zero-order valence-electron chi connectivity index (χ0n) is 16.8. The van der Waals surface area contributed by atoms with Crippen molar-refractivity contribution in [2.45, 2.75) is 25.8 Å². The number of hydrogen-bond acceptors (Lipinski definition) is 6. The molecule has 0 saturated carbocycles. The Balaban J connectivity index is 1.78. The van der Waals surface area contributed by atoms with Crippen LogP contribution in [-0.2, 0) is 4.79 Å². The Hall–Kier alpha value is -3.75. The Bertz CT molecular complexity index is 1080. The number of primary amides is 1. The van der Waals surface area contributed by atoms with Gasteiger partial charge >= 0.3 is 0 Å². The number of amides is 2. The molecule has 1 aromatic carbocycles. The van der Waals surface area contributed by atoms with Gasteiger partial charge in [0.05, 0.1) is 12.8 Å². The third kappa shape index (κ3) is 3.61. The molecule has 0 radical (unpaired) electrons. The highest BCUT2D eigenvalue weighted by molar-refractivity contribution is 5.95. The minimum atomic E-state index is -0.630. The predicted molar refractivity (Wildman–Crippen MR) is 109 cm³/mol. The number of pyridine rings is 1. The third-order valence-electron chi connectivity index (χ3n) is 5.12. The van der Waals surface area contributed by atoms with E-state index in [1.54, 1.807) is 30.1 Å². The van der Waals surface area contributed by atoms with Crippen molar-refractivity contribution in [3.05, 3.63) is 54.0 Å². The highest BCUT2D eigenvalue weighted by Gasteiger charge is 2.35. The first kappa shape index (κ1) is 19.6. The maximum atomic E-state index is 13.1. The molecular weight excluding hydrogens is 384 g/mol. The molecule has 2 aromatic heterocycles. The van der Waals surface area contributed by atoms with E-state index in [1.807, 2.05) is 31.2 Å². The summed E-state index contributed by atoms with van der Waals surface area (Å²) in [6.45, 7) is 2.44. The van der Waals surface area contributed by atoms with Crippen LogP contribution >= 0.6 is 0 Å². The van der Waals surface area contributed by atoms with Crippen LogP contribution in [0.1, 0.15) is 29.0 Å². The molecule has 3 heterocycles. The van der Waals surface area contributed by atoms with Gasteiger partial charge in [-0.2, -0.15) is 0 Å². The van der Waals surface area contributed by atoms with Gasteiger partial charge in [0, 0.05) is 24.4 Å². The maximum absolute atomic E-state index is 13.1. The zero-order chi connectivity index (χ0) is 21.3. The fourth-order valence-corrected chi connectivity index (χ4v) is 3.52. The number of nitrogens with zero attached hydrogens (tertiary/aromatic N) is 5. The molecule has 0 aliphatic carbocycles. The summed E-state index contributed by atoms with van der Waals surface area (Å²) in [4.78, 5) is 35.0. The van der Waals surface area contributed by atoms with Crippen molar-refractivity contribution in [1.82, 2.24) is 24.6 Å². The monoisotopic (exact) mass is 406 g/mol. The van der Waals surface area contributed by atoms with E-state index >= 15 is 0 Å². The van der Waals surface area contributed by atoms with E-state index in [4.69, 9.17) is 10.5 Å². The standard InChI is InChI=1S/C21H22N6O3/c1-13-5-8-15(9-6-13)27-20(14-7-10-17(30-2)23-12-14)24-19(25-27)21(29)26-11-3-4-16(26)18(22)28/h5-10,12,16H,3-4,11H2,1-2H3,(H2,22,28). The van der Waals surface area contributed by atoms with Crippen LogP contribution < -0.4 is 10.5 Å². The van der Waals surface area contributed by atoms with Gasteiger partial charge in [-0.3, -0.25) is 9.59 Å². The minimum Gasteiger partial charge on any atom is -0.481 e. The van der Waals surface area contributed by atoms with Gasteiger partial charge < -0.3 is 15.4 Å². The van der Waals surface area contributed by atoms with Crippen LogP contribution in [0.15, 0.2) is 42.6 Å². The second-order valence-corrected chi connectivity index (χ2v) is 7.15. The molecule has 0 spiro atoms. The number of aromatic nitrogens is 4. The second kappa shape index (κ2) is 7.94. The third-order valence-corrected chi connectivity index (χ3v) is 5.12. The summed E-state index contributed by atoms with van der Waals surface area (Å²) < 4.78 is 6.72. The molecule has 9 nitrogen and oxygen atoms in total. The lowest BCUT2D eigenvalue weighted by Gasteiger charge is -2.20. The van der Waals surface area contributed by atoms with E-state index in [2.05, 4.69) is 15.1 Å². The number of carbonyl (C=O) groups excluding carboxylic acids is 2. The summed E-state index contributed by atoms with van der Waals surface area (Å²) in [5.74, 6) is 0.0165. The number of aryl methyl sites for hydroxylation is 1. The summed E-state index contributed by atoms with van der Waals surface area (Å²) >= 11 is 0. The molecule has 3 aromatic rings. The van der Waals surface area contributed by atoms with Gasteiger partial charge in [-0.25, -0.2) is 14.6 Å². The number of methoxy groups -OCH3 is 1. The molecule has 1 fully saturated rings. The number of hydrogen-bond donors (Lipinski definition) is 1. The molecule has 1 atom stereocenters. The van der Waals surface area contributed by atoms with E-state index in [1.165, 1.54) is 4.90 Å². The summed E-state index contributed by atoms with van der Waals surface area (Å²) in [7, 11) is 1.54. The molecule has 2 amide bonds. The van der Waals surface area contributed by atoms with E-state index in [0.717, 1.165) is 11.3 Å². The van der Waals surface area contributed by atoms with Crippen molar-refractivity contribution >= 4 is 11.8 Å².